The molecule has 3 N–H and O–H groups in total. The molecule has 0 saturated carbocycles. The number of allylic oxidation sites excluding steroid dienone is 7. The van der Waals surface area contributed by atoms with Gasteiger partial charge in [0, 0.05) is 23.7 Å². The third-order valence-electron chi connectivity index (χ3n) is 7.71. The number of aliphatic hydroxyl groups is 1. The molecule has 0 saturated heterocycles. The molecule has 1 heterocycles. The fourth-order valence-electron chi connectivity index (χ4n) is 5.34. The Kier molecular flexibility index (Phi) is 11.1. The van der Waals surface area contributed by atoms with E-state index in [1.807, 2.05) is 48.5 Å². The Labute approximate surface area is 258 Å². The predicted molar refractivity (Wildman–Crippen MR) is 177 cm³/mol. The van der Waals surface area contributed by atoms with Gasteiger partial charge in [-0.05, 0) is 68.5 Å². The number of ether oxygens (including phenoxy) is 1. The topological polar surface area (TPSA) is 83.5 Å². The van der Waals surface area contributed by atoms with Crippen LogP contribution in [0.1, 0.15) is 51.0 Å². The van der Waals surface area contributed by atoms with Gasteiger partial charge in [0.05, 0.1) is 16.6 Å². The number of thiazole rings is 1. The highest BCUT2D eigenvalue weighted by molar-refractivity contribution is 7.21. The first kappa shape index (κ1) is 30.7. The minimum absolute atomic E-state index is 0.0206. The number of carbonyl (C=O) groups is 1. The van der Waals surface area contributed by atoms with Crippen LogP contribution in [-0.4, -0.2) is 41.3 Å². The molecule has 0 aliphatic heterocycles. The number of aromatic nitrogens is 1. The van der Waals surface area contributed by atoms with E-state index >= 15 is 0 Å². The predicted octanol–water partition coefficient (Wildman–Crippen LogP) is 7.15. The van der Waals surface area contributed by atoms with Crippen molar-refractivity contribution in [2.75, 3.05) is 13.2 Å². The van der Waals surface area contributed by atoms with E-state index in [0.29, 0.717) is 12.8 Å². The van der Waals surface area contributed by atoms with Gasteiger partial charge in [0.2, 0.25) is 5.91 Å². The molecule has 2 aliphatic carbocycles. The fourth-order valence-corrected chi connectivity index (χ4v) is 6.37. The standard InChI is InChI=1S/C36H41N3O3S/c1-2-31(33(40)25-42-29-17-4-3-5-18-29)37-23-22-26-12-10-15-28(16-11-13-26)38-35(41)24-27-14-6-7-19-30(27)36-39-32-20-8-9-21-34(32)43-36/h4,6-10,12-14,16-21,31,33,37,40H,2-3,5,11,15,22-25H2,1H3,(H,38,41)/b12-10-,26-13?,28-16+/t31-,33?/m1/s1. The lowest BCUT2D eigenvalue weighted by Gasteiger charge is -2.24. The SMILES string of the molecule is CC[C@@H](NCCC1=CC/C=C(/NC(=O)Cc2ccccc2-c2nc3ccccc3s2)C/C=C\1)C(O)COC1=CCCC=C1. The van der Waals surface area contributed by atoms with Gasteiger partial charge in [0.25, 0.3) is 0 Å². The largest absolute Gasteiger partial charge is 0.491 e. The Morgan fingerprint density at radius 3 is 2.74 bits per heavy atom. The highest BCUT2D eigenvalue weighted by Crippen LogP contribution is 2.32. The van der Waals surface area contributed by atoms with Crippen LogP contribution in [0.25, 0.3) is 20.8 Å². The zero-order chi connectivity index (χ0) is 29.9. The zero-order valence-electron chi connectivity index (χ0n) is 24.8. The molecule has 2 aromatic carbocycles. The number of fused-ring (bicyclic) bond motifs is 1. The van der Waals surface area contributed by atoms with Crippen LogP contribution in [-0.2, 0) is 16.0 Å². The third-order valence-corrected chi connectivity index (χ3v) is 8.78. The quantitative estimate of drug-likeness (QED) is 0.195. The van der Waals surface area contributed by atoms with E-state index in [2.05, 4.69) is 60.1 Å². The molecule has 1 unspecified atom stereocenters. The fraction of sp³-hybridized carbons (Fsp3) is 0.333. The summed E-state index contributed by atoms with van der Waals surface area (Å²) in [5.41, 5.74) is 5.13. The second kappa shape index (κ2) is 15.6. The molecule has 5 rings (SSSR count). The Balaban J connectivity index is 1.09. The number of carbonyl (C=O) groups excluding carboxylic acids is 1. The number of hydrogen-bond donors (Lipinski definition) is 3. The zero-order valence-corrected chi connectivity index (χ0v) is 25.6. The monoisotopic (exact) mass is 595 g/mol. The first-order chi connectivity index (χ1) is 21.1. The number of aliphatic hydroxyl groups excluding tert-OH is 1. The summed E-state index contributed by atoms with van der Waals surface area (Å²) in [6.07, 6.45) is 19.6. The van der Waals surface area contributed by atoms with Gasteiger partial charge < -0.3 is 20.5 Å². The van der Waals surface area contributed by atoms with Gasteiger partial charge in [-0.2, -0.15) is 0 Å². The molecule has 0 spiro atoms. The lowest BCUT2D eigenvalue weighted by Crippen LogP contribution is -2.42. The summed E-state index contributed by atoms with van der Waals surface area (Å²) in [6.45, 7) is 3.14. The van der Waals surface area contributed by atoms with Crippen LogP contribution >= 0.6 is 11.3 Å². The van der Waals surface area contributed by atoms with Crippen LogP contribution in [0.4, 0.5) is 0 Å². The Bertz CT molecular complexity index is 1510. The first-order valence-corrected chi connectivity index (χ1v) is 16.1. The average Bonchev–Trinajstić information content (AvgIpc) is 3.45. The van der Waals surface area contributed by atoms with Crippen molar-refractivity contribution in [2.24, 2.45) is 0 Å². The van der Waals surface area contributed by atoms with Crippen molar-refractivity contribution < 1.29 is 14.6 Å². The summed E-state index contributed by atoms with van der Waals surface area (Å²) < 4.78 is 6.93. The molecule has 3 aromatic rings. The summed E-state index contributed by atoms with van der Waals surface area (Å²) in [6, 6.07) is 16.1. The maximum Gasteiger partial charge on any atom is 0.228 e. The van der Waals surface area contributed by atoms with Gasteiger partial charge in [0.1, 0.15) is 23.5 Å². The number of nitrogens with zero attached hydrogens (tertiary/aromatic N) is 1. The summed E-state index contributed by atoms with van der Waals surface area (Å²) in [5.74, 6) is 0.828. The molecule has 6 nitrogen and oxygen atoms in total. The minimum atomic E-state index is -0.564. The van der Waals surface area contributed by atoms with Gasteiger partial charge in [-0.3, -0.25) is 4.79 Å². The number of rotatable bonds is 13. The normalized spacial score (nSPS) is 18.4. The lowest BCUT2D eigenvalue weighted by molar-refractivity contribution is -0.119. The van der Waals surface area contributed by atoms with E-state index in [9.17, 15) is 9.90 Å². The molecule has 0 bridgehead atoms. The van der Waals surface area contributed by atoms with Gasteiger partial charge in [-0.15, -0.1) is 11.3 Å². The number of hydrogen-bond acceptors (Lipinski definition) is 6. The van der Waals surface area contributed by atoms with E-state index in [1.54, 1.807) is 11.3 Å². The van der Waals surface area contributed by atoms with Crippen molar-refractivity contribution >= 4 is 27.5 Å². The van der Waals surface area contributed by atoms with E-state index in [4.69, 9.17) is 9.72 Å². The van der Waals surface area contributed by atoms with Crippen LogP contribution in [0.5, 0.6) is 0 Å². The van der Waals surface area contributed by atoms with E-state index in [1.165, 1.54) is 5.57 Å². The number of para-hydroxylation sites is 1. The summed E-state index contributed by atoms with van der Waals surface area (Å²) >= 11 is 1.65. The van der Waals surface area contributed by atoms with E-state index in [0.717, 1.165) is 76.5 Å². The number of benzene rings is 2. The molecule has 7 heteroatoms. The summed E-state index contributed by atoms with van der Waals surface area (Å²) in [4.78, 5) is 17.9. The van der Waals surface area contributed by atoms with Crippen molar-refractivity contribution in [1.29, 1.82) is 0 Å². The molecular weight excluding hydrogens is 554 g/mol. The van der Waals surface area contributed by atoms with Crippen LogP contribution in [0.3, 0.4) is 0 Å². The molecule has 0 fully saturated rings. The smallest absolute Gasteiger partial charge is 0.228 e. The van der Waals surface area contributed by atoms with E-state index in [-0.39, 0.29) is 18.6 Å². The number of nitrogens with one attached hydrogen (secondary N) is 2. The molecular formula is C36H41N3O3S. The van der Waals surface area contributed by atoms with Gasteiger partial charge >= 0.3 is 0 Å². The maximum atomic E-state index is 13.1. The lowest BCUT2D eigenvalue weighted by atomic mass is 10.0. The van der Waals surface area contributed by atoms with Gasteiger partial charge in [-0.25, -0.2) is 4.98 Å². The number of amides is 1. The van der Waals surface area contributed by atoms with Crippen molar-refractivity contribution in [3.05, 3.63) is 114 Å². The molecule has 0 radical (unpaired) electrons. The van der Waals surface area contributed by atoms with Gasteiger partial charge in [0.15, 0.2) is 0 Å². The summed E-state index contributed by atoms with van der Waals surface area (Å²) in [7, 11) is 0. The maximum absolute atomic E-state index is 13.1. The van der Waals surface area contributed by atoms with Crippen LogP contribution in [0, 0.1) is 0 Å². The van der Waals surface area contributed by atoms with Crippen LogP contribution in [0.2, 0.25) is 0 Å². The second-order valence-corrected chi connectivity index (χ2v) is 11.9. The Morgan fingerprint density at radius 2 is 1.91 bits per heavy atom. The Morgan fingerprint density at radius 1 is 1.05 bits per heavy atom. The van der Waals surface area contributed by atoms with Crippen LogP contribution in [0.15, 0.2) is 108 Å². The van der Waals surface area contributed by atoms with Crippen molar-refractivity contribution in [1.82, 2.24) is 15.6 Å². The molecule has 1 amide bonds. The molecule has 2 atom stereocenters. The summed E-state index contributed by atoms with van der Waals surface area (Å²) in [5, 5.41) is 18.2. The molecule has 2 aliphatic rings. The molecule has 224 valence electrons. The van der Waals surface area contributed by atoms with Crippen molar-refractivity contribution in [3.63, 3.8) is 0 Å². The first-order valence-electron chi connectivity index (χ1n) is 15.3. The molecule has 43 heavy (non-hydrogen) atoms. The van der Waals surface area contributed by atoms with Crippen molar-refractivity contribution in [3.8, 4) is 10.6 Å². The van der Waals surface area contributed by atoms with Crippen LogP contribution < -0.4 is 10.6 Å². The molecule has 1 aromatic heterocycles. The highest BCUT2D eigenvalue weighted by Gasteiger charge is 2.18. The second-order valence-electron chi connectivity index (χ2n) is 10.9. The highest BCUT2D eigenvalue weighted by atomic mass is 32.1. The Hall–Kier alpha value is -3.78. The minimum Gasteiger partial charge on any atom is -0.491 e. The van der Waals surface area contributed by atoms with E-state index < -0.39 is 6.10 Å². The average molecular weight is 596 g/mol. The van der Waals surface area contributed by atoms with Crippen molar-refractivity contribution in [2.45, 2.75) is 64.0 Å². The van der Waals surface area contributed by atoms with Gasteiger partial charge in [-0.1, -0.05) is 79.3 Å². The third kappa shape index (κ3) is 8.86.